The molecule has 4 heterocycles. The molecule has 0 radical (unpaired) electrons. The molecule has 1 aliphatic heterocycles. The molecule has 3 aromatic heterocycles. The zero-order valence-corrected chi connectivity index (χ0v) is 17.8. The molecular formula is C20H19ClF3N5O3. The first kappa shape index (κ1) is 22.1. The summed E-state index contributed by atoms with van der Waals surface area (Å²) >= 11 is 5.88. The number of nitrogens with zero attached hydrogens (tertiary/aromatic N) is 5. The highest BCUT2D eigenvalue weighted by molar-refractivity contribution is 6.29. The number of carbonyl (C=O) groups is 1. The van der Waals surface area contributed by atoms with Gasteiger partial charge in [-0.15, -0.1) is 0 Å². The van der Waals surface area contributed by atoms with Crippen molar-refractivity contribution < 1.29 is 27.1 Å². The first-order chi connectivity index (χ1) is 15.2. The maximum absolute atomic E-state index is 12.8. The van der Waals surface area contributed by atoms with Crippen LogP contribution in [0.5, 0.6) is 5.88 Å². The number of ether oxygens (including phenoxy) is 1. The van der Waals surface area contributed by atoms with Crippen molar-refractivity contribution in [3.05, 3.63) is 40.7 Å². The zero-order valence-electron chi connectivity index (χ0n) is 17.0. The molecule has 4 rings (SSSR count). The van der Waals surface area contributed by atoms with Gasteiger partial charge in [-0.25, -0.2) is 9.97 Å². The number of carbonyl (C=O) groups excluding carboxylic acids is 1. The average molecular weight is 470 g/mol. The van der Waals surface area contributed by atoms with Gasteiger partial charge in [-0.3, -0.25) is 4.79 Å². The van der Waals surface area contributed by atoms with Crippen LogP contribution >= 0.6 is 11.6 Å². The molecule has 0 bridgehead atoms. The summed E-state index contributed by atoms with van der Waals surface area (Å²) in [5.41, 5.74) is 1.79. The van der Waals surface area contributed by atoms with Gasteiger partial charge in [0.2, 0.25) is 11.5 Å². The van der Waals surface area contributed by atoms with Gasteiger partial charge >= 0.3 is 6.18 Å². The van der Waals surface area contributed by atoms with E-state index in [4.69, 9.17) is 20.8 Å². The Kier molecular flexibility index (Phi) is 6.09. The van der Waals surface area contributed by atoms with Gasteiger partial charge in [0.1, 0.15) is 5.15 Å². The fourth-order valence-electron chi connectivity index (χ4n) is 3.30. The highest BCUT2D eigenvalue weighted by atomic mass is 35.5. The molecule has 0 aliphatic carbocycles. The number of aromatic nitrogens is 3. The Morgan fingerprint density at radius 1 is 1.22 bits per heavy atom. The van der Waals surface area contributed by atoms with Crippen LogP contribution in [0.3, 0.4) is 0 Å². The van der Waals surface area contributed by atoms with E-state index in [-0.39, 0.29) is 11.8 Å². The van der Waals surface area contributed by atoms with E-state index in [0.717, 1.165) is 0 Å². The molecule has 1 amide bonds. The molecule has 0 spiro atoms. The van der Waals surface area contributed by atoms with Gasteiger partial charge in [0.05, 0.1) is 18.6 Å². The predicted molar refractivity (Wildman–Crippen MR) is 110 cm³/mol. The standard InChI is InChI=1S/C20H19ClF3N5O3/c1-12-10-13(11-25-17(12)31-9-4-20(22,23)24)18(30)28-5-7-29(8-6-28)19-27-16-14(32-19)2-3-15(21)26-16/h2-3,10-11H,4-9H2,1H3. The van der Waals surface area contributed by atoms with Gasteiger partial charge in [-0.1, -0.05) is 11.6 Å². The van der Waals surface area contributed by atoms with E-state index >= 15 is 0 Å². The van der Waals surface area contributed by atoms with E-state index in [1.165, 1.54) is 6.20 Å². The molecule has 0 atom stereocenters. The Balaban J connectivity index is 1.36. The van der Waals surface area contributed by atoms with E-state index in [1.807, 2.05) is 4.90 Å². The molecule has 1 fully saturated rings. The highest BCUT2D eigenvalue weighted by Crippen LogP contribution is 2.24. The first-order valence-electron chi connectivity index (χ1n) is 9.83. The van der Waals surface area contributed by atoms with Gasteiger partial charge in [0.15, 0.2) is 5.58 Å². The molecule has 32 heavy (non-hydrogen) atoms. The third kappa shape index (κ3) is 5.04. The van der Waals surface area contributed by atoms with E-state index in [1.54, 1.807) is 30.0 Å². The van der Waals surface area contributed by atoms with E-state index in [2.05, 4.69) is 15.0 Å². The quantitative estimate of drug-likeness (QED) is 0.524. The minimum absolute atomic E-state index is 0.0836. The molecular weight excluding hydrogens is 451 g/mol. The fourth-order valence-corrected chi connectivity index (χ4v) is 3.44. The van der Waals surface area contributed by atoms with Gasteiger partial charge < -0.3 is 19.0 Å². The Morgan fingerprint density at radius 3 is 2.66 bits per heavy atom. The van der Waals surface area contributed by atoms with Crippen molar-refractivity contribution in [1.29, 1.82) is 0 Å². The van der Waals surface area contributed by atoms with E-state index < -0.39 is 19.2 Å². The smallest absolute Gasteiger partial charge is 0.392 e. The van der Waals surface area contributed by atoms with E-state index in [0.29, 0.717) is 59.7 Å². The average Bonchev–Trinajstić information content (AvgIpc) is 3.17. The predicted octanol–water partition coefficient (Wildman–Crippen LogP) is 3.87. The molecule has 0 N–H and O–H groups in total. The fraction of sp³-hybridized carbons (Fsp3) is 0.400. The number of rotatable bonds is 5. The molecule has 0 aromatic carbocycles. The van der Waals surface area contributed by atoms with Crippen LogP contribution in [-0.2, 0) is 0 Å². The molecule has 8 nitrogen and oxygen atoms in total. The number of hydrogen-bond acceptors (Lipinski definition) is 7. The molecule has 3 aromatic rings. The molecule has 1 aliphatic rings. The molecule has 0 unspecified atom stereocenters. The topological polar surface area (TPSA) is 84.6 Å². The Bertz CT molecular complexity index is 1130. The van der Waals surface area contributed by atoms with Crippen LogP contribution in [0.4, 0.5) is 19.2 Å². The van der Waals surface area contributed by atoms with Crippen LogP contribution in [0, 0.1) is 6.92 Å². The van der Waals surface area contributed by atoms with Crippen molar-refractivity contribution >= 4 is 34.8 Å². The van der Waals surface area contributed by atoms with Crippen LogP contribution in [0.1, 0.15) is 22.3 Å². The van der Waals surface area contributed by atoms with Crippen molar-refractivity contribution in [2.24, 2.45) is 0 Å². The first-order valence-corrected chi connectivity index (χ1v) is 10.2. The number of hydrogen-bond donors (Lipinski definition) is 0. The minimum Gasteiger partial charge on any atom is -0.477 e. The number of piperazine rings is 1. The SMILES string of the molecule is Cc1cc(C(=O)N2CCN(c3nc4nc(Cl)ccc4o3)CC2)cnc1OCCC(F)(F)F. The maximum atomic E-state index is 12.8. The lowest BCUT2D eigenvalue weighted by Crippen LogP contribution is -2.49. The third-order valence-electron chi connectivity index (χ3n) is 4.95. The molecule has 0 saturated carbocycles. The van der Waals surface area contributed by atoms with Crippen LogP contribution in [0.25, 0.3) is 11.2 Å². The maximum Gasteiger partial charge on any atom is 0.392 e. The van der Waals surface area contributed by atoms with Crippen LogP contribution in [0.2, 0.25) is 5.15 Å². The summed E-state index contributed by atoms with van der Waals surface area (Å²) in [7, 11) is 0. The van der Waals surface area contributed by atoms with Gasteiger partial charge in [0.25, 0.3) is 11.9 Å². The summed E-state index contributed by atoms with van der Waals surface area (Å²) < 4.78 is 47.6. The van der Waals surface area contributed by atoms with E-state index in [9.17, 15) is 18.0 Å². The number of halogens is 4. The number of pyridine rings is 2. The number of aryl methyl sites for hydroxylation is 1. The summed E-state index contributed by atoms with van der Waals surface area (Å²) in [6.45, 7) is 3.01. The lowest BCUT2D eigenvalue weighted by atomic mass is 10.1. The molecule has 170 valence electrons. The van der Waals surface area contributed by atoms with Crippen molar-refractivity contribution in [3.8, 4) is 5.88 Å². The molecule has 1 saturated heterocycles. The third-order valence-corrected chi connectivity index (χ3v) is 5.16. The second-order valence-electron chi connectivity index (χ2n) is 7.29. The number of anilines is 1. The molecule has 12 heteroatoms. The Morgan fingerprint density at radius 2 is 1.97 bits per heavy atom. The summed E-state index contributed by atoms with van der Waals surface area (Å²) in [5.74, 6) is -0.131. The summed E-state index contributed by atoms with van der Waals surface area (Å²) in [6, 6.07) is 5.31. The monoisotopic (exact) mass is 469 g/mol. The van der Waals surface area contributed by atoms with Crippen LogP contribution in [0.15, 0.2) is 28.8 Å². The second-order valence-corrected chi connectivity index (χ2v) is 7.68. The largest absolute Gasteiger partial charge is 0.477 e. The minimum atomic E-state index is -4.30. The number of amides is 1. The van der Waals surface area contributed by atoms with Crippen molar-refractivity contribution in [2.45, 2.75) is 19.5 Å². The van der Waals surface area contributed by atoms with Gasteiger partial charge in [0, 0.05) is 37.9 Å². The van der Waals surface area contributed by atoms with Crippen molar-refractivity contribution in [2.75, 3.05) is 37.7 Å². The number of fused-ring (bicyclic) bond motifs is 1. The summed E-state index contributed by atoms with van der Waals surface area (Å²) in [6.07, 6.45) is -4.05. The highest BCUT2D eigenvalue weighted by Gasteiger charge is 2.28. The number of oxazole rings is 1. The van der Waals surface area contributed by atoms with Crippen molar-refractivity contribution in [1.82, 2.24) is 19.9 Å². The van der Waals surface area contributed by atoms with Gasteiger partial charge in [-0.2, -0.15) is 18.2 Å². The lowest BCUT2D eigenvalue weighted by molar-refractivity contribution is -0.139. The normalized spacial score (nSPS) is 14.8. The lowest BCUT2D eigenvalue weighted by Gasteiger charge is -2.33. The summed E-state index contributed by atoms with van der Waals surface area (Å²) in [4.78, 5) is 28.9. The van der Waals surface area contributed by atoms with Crippen LogP contribution < -0.4 is 9.64 Å². The zero-order chi connectivity index (χ0) is 22.9. The summed E-state index contributed by atoms with van der Waals surface area (Å²) in [5, 5.41) is 0.327. The second kappa shape index (κ2) is 8.81. The Hall–Kier alpha value is -3.08. The number of alkyl halides is 3. The van der Waals surface area contributed by atoms with Gasteiger partial charge in [-0.05, 0) is 25.1 Å². The van der Waals surface area contributed by atoms with Crippen molar-refractivity contribution in [3.63, 3.8) is 0 Å². The van der Waals surface area contributed by atoms with Crippen LogP contribution in [-0.4, -0.2) is 64.7 Å². The Labute approximate surface area is 185 Å².